The van der Waals surface area contributed by atoms with Gasteiger partial charge >= 0.3 is 0 Å². The minimum absolute atomic E-state index is 0.106. The number of hydrogen-bond donors (Lipinski definition) is 0. The van der Waals surface area contributed by atoms with Crippen molar-refractivity contribution in [2.24, 2.45) is 5.92 Å². The second kappa shape index (κ2) is 8.96. The van der Waals surface area contributed by atoms with Crippen LogP contribution in [0.3, 0.4) is 0 Å². The van der Waals surface area contributed by atoms with Crippen LogP contribution in [0.15, 0.2) is 53.4 Å². The lowest BCUT2D eigenvalue weighted by Gasteiger charge is -2.35. The maximum Gasteiger partial charge on any atom is 0.253 e. The van der Waals surface area contributed by atoms with Crippen LogP contribution in [0.5, 0.6) is 0 Å². The first kappa shape index (κ1) is 21.8. The highest BCUT2D eigenvalue weighted by Crippen LogP contribution is 2.24. The van der Waals surface area contributed by atoms with Crippen LogP contribution < -0.4 is 4.90 Å². The second-order valence-electron chi connectivity index (χ2n) is 8.37. The third-order valence-electron chi connectivity index (χ3n) is 6.22. The first-order valence-corrected chi connectivity index (χ1v) is 12.2. The molecule has 4 rings (SSSR count). The number of amides is 1. The normalized spacial score (nSPS) is 18.9. The third-order valence-corrected chi connectivity index (χ3v) is 8.11. The van der Waals surface area contributed by atoms with Gasteiger partial charge in [0.15, 0.2) is 0 Å². The molecule has 31 heavy (non-hydrogen) atoms. The van der Waals surface area contributed by atoms with E-state index in [9.17, 15) is 17.6 Å². The first-order chi connectivity index (χ1) is 14.8. The Morgan fingerprint density at radius 3 is 2.23 bits per heavy atom. The smallest absolute Gasteiger partial charge is 0.253 e. The highest BCUT2D eigenvalue weighted by atomic mass is 32.2. The van der Waals surface area contributed by atoms with Crippen LogP contribution in [0.2, 0.25) is 0 Å². The summed E-state index contributed by atoms with van der Waals surface area (Å²) in [6, 6.07) is 12.6. The van der Waals surface area contributed by atoms with Crippen molar-refractivity contribution >= 4 is 21.6 Å². The van der Waals surface area contributed by atoms with Crippen molar-refractivity contribution in [3.8, 4) is 0 Å². The van der Waals surface area contributed by atoms with Gasteiger partial charge in [0.2, 0.25) is 10.0 Å². The lowest BCUT2D eigenvalue weighted by Crippen LogP contribution is -2.48. The summed E-state index contributed by atoms with van der Waals surface area (Å²) >= 11 is 0. The number of piperazine rings is 1. The van der Waals surface area contributed by atoms with E-state index in [4.69, 9.17) is 0 Å². The summed E-state index contributed by atoms with van der Waals surface area (Å²) in [6.07, 6.45) is 1.95. The van der Waals surface area contributed by atoms with Crippen LogP contribution >= 0.6 is 0 Å². The molecule has 2 aromatic carbocycles. The molecule has 1 amide bonds. The molecule has 0 spiro atoms. The molecule has 6 nitrogen and oxygen atoms in total. The number of likely N-dealkylation sites (tertiary alicyclic amines) is 1. The van der Waals surface area contributed by atoms with Crippen LogP contribution in [0.1, 0.15) is 30.1 Å². The molecule has 2 heterocycles. The van der Waals surface area contributed by atoms with Gasteiger partial charge in [0.25, 0.3) is 5.91 Å². The van der Waals surface area contributed by atoms with Crippen LogP contribution in [0.25, 0.3) is 0 Å². The van der Waals surface area contributed by atoms with Gasteiger partial charge in [0, 0.05) is 50.5 Å². The van der Waals surface area contributed by atoms with Crippen LogP contribution in [0.4, 0.5) is 10.1 Å². The standard InChI is InChI=1S/C23H28FN3O3S/c1-18-9-11-26(12-10-18)23(28)19-3-2-4-22(17-19)31(29,30)27-15-13-25(14-16-27)21-7-5-20(24)6-8-21/h2-8,17-18H,9-16H2,1H3. The first-order valence-electron chi connectivity index (χ1n) is 10.7. The Balaban J connectivity index is 1.45. The van der Waals surface area contributed by atoms with Crippen LogP contribution in [-0.2, 0) is 10.0 Å². The zero-order valence-corrected chi connectivity index (χ0v) is 18.5. The Labute approximate surface area is 183 Å². The molecule has 0 N–H and O–H groups in total. The lowest BCUT2D eigenvalue weighted by atomic mass is 9.98. The zero-order chi connectivity index (χ0) is 22.0. The number of benzene rings is 2. The Kier molecular flexibility index (Phi) is 6.29. The summed E-state index contributed by atoms with van der Waals surface area (Å²) in [5.41, 5.74) is 1.29. The number of sulfonamides is 1. The van der Waals surface area contributed by atoms with Gasteiger partial charge in [-0.2, -0.15) is 4.31 Å². The number of carbonyl (C=O) groups excluding carboxylic acids is 1. The van der Waals surface area contributed by atoms with E-state index in [0.29, 0.717) is 50.7 Å². The predicted molar refractivity (Wildman–Crippen MR) is 118 cm³/mol. The average molecular weight is 446 g/mol. The molecule has 2 aliphatic heterocycles. The number of rotatable bonds is 4. The number of carbonyl (C=O) groups is 1. The van der Waals surface area contributed by atoms with Gasteiger partial charge < -0.3 is 9.80 Å². The van der Waals surface area contributed by atoms with Crippen LogP contribution in [0, 0.1) is 11.7 Å². The molecule has 0 atom stereocenters. The van der Waals surface area contributed by atoms with Gasteiger partial charge in [-0.25, -0.2) is 12.8 Å². The Bertz CT molecular complexity index is 1030. The lowest BCUT2D eigenvalue weighted by molar-refractivity contribution is 0.0697. The fraction of sp³-hybridized carbons (Fsp3) is 0.435. The number of piperidine rings is 1. The van der Waals surface area contributed by atoms with E-state index in [-0.39, 0.29) is 16.6 Å². The molecule has 2 saturated heterocycles. The Morgan fingerprint density at radius 1 is 0.935 bits per heavy atom. The highest BCUT2D eigenvalue weighted by Gasteiger charge is 2.30. The van der Waals surface area contributed by atoms with Gasteiger partial charge in [-0.3, -0.25) is 4.79 Å². The minimum atomic E-state index is -3.69. The van der Waals surface area contributed by atoms with Gasteiger partial charge in [-0.05, 0) is 61.2 Å². The average Bonchev–Trinajstić information content (AvgIpc) is 2.80. The molecule has 2 aromatic rings. The summed E-state index contributed by atoms with van der Waals surface area (Å²) in [7, 11) is -3.69. The van der Waals surface area contributed by atoms with Crippen molar-refractivity contribution in [3.63, 3.8) is 0 Å². The molecule has 2 fully saturated rings. The molecular weight excluding hydrogens is 417 g/mol. The molecule has 0 unspecified atom stereocenters. The molecule has 2 aliphatic rings. The summed E-state index contributed by atoms with van der Waals surface area (Å²) in [6.45, 7) is 5.32. The van der Waals surface area contributed by atoms with Crippen molar-refractivity contribution in [1.29, 1.82) is 0 Å². The maximum absolute atomic E-state index is 13.2. The van der Waals surface area contributed by atoms with Crippen molar-refractivity contribution in [2.75, 3.05) is 44.2 Å². The fourth-order valence-electron chi connectivity index (χ4n) is 4.17. The Morgan fingerprint density at radius 2 is 1.58 bits per heavy atom. The van der Waals surface area contributed by atoms with Crippen LogP contribution in [-0.4, -0.2) is 62.8 Å². The number of halogens is 1. The van der Waals surface area contributed by atoms with Gasteiger partial charge in [-0.1, -0.05) is 13.0 Å². The van der Waals surface area contributed by atoms with E-state index < -0.39 is 10.0 Å². The van der Waals surface area contributed by atoms with Crippen molar-refractivity contribution < 1.29 is 17.6 Å². The van der Waals surface area contributed by atoms with E-state index in [1.165, 1.54) is 22.5 Å². The summed E-state index contributed by atoms with van der Waals surface area (Å²) < 4.78 is 41.0. The molecule has 0 bridgehead atoms. The molecule has 8 heteroatoms. The summed E-state index contributed by atoms with van der Waals surface area (Å²) in [5, 5.41) is 0. The Hall–Kier alpha value is -2.45. The van der Waals surface area contributed by atoms with Gasteiger partial charge in [-0.15, -0.1) is 0 Å². The number of hydrogen-bond acceptors (Lipinski definition) is 4. The quantitative estimate of drug-likeness (QED) is 0.725. The van der Waals surface area contributed by atoms with Crippen molar-refractivity contribution in [1.82, 2.24) is 9.21 Å². The minimum Gasteiger partial charge on any atom is -0.369 e. The summed E-state index contributed by atoms with van der Waals surface area (Å²) in [5.74, 6) is 0.216. The highest BCUT2D eigenvalue weighted by molar-refractivity contribution is 7.89. The predicted octanol–water partition coefficient (Wildman–Crippen LogP) is 3.21. The van der Waals surface area contributed by atoms with Gasteiger partial charge in [0.1, 0.15) is 5.82 Å². The number of anilines is 1. The molecule has 0 radical (unpaired) electrons. The maximum atomic E-state index is 13.2. The van der Waals surface area contributed by atoms with E-state index >= 15 is 0 Å². The second-order valence-corrected chi connectivity index (χ2v) is 10.3. The third kappa shape index (κ3) is 4.75. The van der Waals surface area contributed by atoms with Crippen molar-refractivity contribution in [3.05, 3.63) is 59.9 Å². The zero-order valence-electron chi connectivity index (χ0n) is 17.7. The van der Waals surface area contributed by atoms with E-state index in [0.717, 1.165) is 18.5 Å². The van der Waals surface area contributed by atoms with E-state index in [1.54, 1.807) is 30.3 Å². The molecule has 0 aromatic heterocycles. The number of nitrogens with zero attached hydrogens (tertiary/aromatic N) is 3. The topological polar surface area (TPSA) is 60.9 Å². The molecular formula is C23H28FN3O3S. The fourth-order valence-corrected chi connectivity index (χ4v) is 5.64. The van der Waals surface area contributed by atoms with E-state index in [2.05, 4.69) is 6.92 Å². The molecule has 166 valence electrons. The largest absolute Gasteiger partial charge is 0.369 e. The molecule has 0 saturated carbocycles. The monoisotopic (exact) mass is 445 g/mol. The van der Waals surface area contributed by atoms with Gasteiger partial charge in [0.05, 0.1) is 4.90 Å². The van der Waals surface area contributed by atoms with E-state index in [1.807, 2.05) is 9.80 Å². The van der Waals surface area contributed by atoms with Crippen molar-refractivity contribution in [2.45, 2.75) is 24.7 Å². The SMILES string of the molecule is CC1CCN(C(=O)c2cccc(S(=O)(=O)N3CCN(c4ccc(F)cc4)CC3)c2)CC1. The summed E-state index contributed by atoms with van der Waals surface area (Å²) in [4.78, 5) is 16.9. The molecule has 0 aliphatic carbocycles.